The van der Waals surface area contributed by atoms with Crippen molar-refractivity contribution in [3.63, 3.8) is 0 Å². The summed E-state index contributed by atoms with van der Waals surface area (Å²) in [7, 11) is -4.38. The average molecular weight is 288 g/mol. The van der Waals surface area contributed by atoms with Gasteiger partial charge in [0.2, 0.25) is 0 Å². The van der Waals surface area contributed by atoms with Gasteiger partial charge in [-0.2, -0.15) is 13.5 Å². The van der Waals surface area contributed by atoms with Gasteiger partial charge in [0.15, 0.2) is 0 Å². The fourth-order valence-corrected chi connectivity index (χ4v) is 2.40. The molecule has 3 N–H and O–H groups in total. The van der Waals surface area contributed by atoms with Crippen LogP contribution in [0.3, 0.4) is 0 Å². The lowest BCUT2D eigenvalue weighted by Crippen LogP contribution is -2.09. The summed E-state index contributed by atoms with van der Waals surface area (Å²) in [6, 6.07) is 5.51. The Bertz CT molecular complexity index is 709. The van der Waals surface area contributed by atoms with Gasteiger partial charge in [0.1, 0.15) is 10.7 Å². The minimum atomic E-state index is -4.38. The number of aromatic nitrogens is 2. The van der Waals surface area contributed by atoms with Crippen LogP contribution < -0.4 is 5.73 Å². The van der Waals surface area contributed by atoms with E-state index in [9.17, 15) is 8.42 Å². The molecule has 96 valence electrons. The highest BCUT2D eigenvalue weighted by atomic mass is 35.5. The minimum absolute atomic E-state index is 0.107. The Morgan fingerprint density at radius 2 is 2.06 bits per heavy atom. The van der Waals surface area contributed by atoms with Crippen LogP contribution >= 0.6 is 11.6 Å². The van der Waals surface area contributed by atoms with E-state index < -0.39 is 10.1 Å². The van der Waals surface area contributed by atoms with Crippen LogP contribution in [0.2, 0.25) is 5.02 Å². The molecule has 0 atom stereocenters. The maximum Gasteiger partial charge on any atom is 0.296 e. The molecule has 0 amide bonds. The van der Waals surface area contributed by atoms with Crippen molar-refractivity contribution in [1.82, 2.24) is 9.78 Å². The molecule has 1 heterocycles. The maximum atomic E-state index is 11.3. The van der Waals surface area contributed by atoms with Gasteiger partial charge in [-0.25, -0.2) is 4.68 Å². The van der Waals surface area contributed by atoms with Crippen LogP contribution in [0.1, 0.15) is 5.69 Å². The fraction of sp³-hybridized carbons (Fsp3) is 0.100. The van der Waals surface area contributed by atoms with Crippen LogP contribution in [0.25, 0.3) is 5.69 Å². The molecule has 2 aromatic rings. The molecule has 1 aromatic carbocycles. The average Bonchev–Trinajstić information content (AvgIpc) is 2.55. The molecule has 2 rings (SSSR count). The van der Waals surface area contributed by atoms with Crippen molar-refractivity contribution in [3.05, 3.63) is 35.0 Å². The fourth-order valence-electron chi connectivity index (χ4n) is 1.59. The number of rotatable bonds is 2. The van der Waals surface area contributed by atoms with E-state index in [4.69, 9.17) is 21.9 Å². The Balaban J connectivity index is 2.78. The van der Waals surface area contributed by atoms with Gasteiger partial charge < -0.3 is 5.73 Å². The van der Waals surface area contributed by atoms with Crippen LogP contribution in [-0.4, -0.2) is 22.8 Å². The number of nitrogens with zero attached hydrogens (tertiary/aromatic N) is 2. The first kappa shape index (κ1) is 12.9. The monoisotopic (exact) mass is 287 g/mol. The molecule has 0 saturated carbocycles. The smallest absolute Gasteiger partial charge is 0.296 e. The molecule has 0 spiro atoms. The number of benzene rings is 1. The number of nitrogens with two attached hydrogens (primary N) is 1. The molecule has 0 saturated heterocycles. The zero-order chi connectivity index (χ0) is 13.5. The van der Waals surface area contributed by atoms with Crippen molar-refractivity contribution in [1.29, 1.82) is 0 Å². The zero-order valence-electron chi connectivity index (χ0n) is 9.33. The standard InChI is InChI=1S/C10H10ClN3O3S/c1-6-4-10(12)14(13-6)8-5-7(11)2-3-9(8)18(15,16)17/h2-5H,12H2,1H3,(H,15,16,17). The van der Waals surface area contributed by atoms with Gasteiger partial charge in [-0.3, -0.25) is 4.55 Å². The predicted molar refractivity (Wildman–Crippen MR) is 67.5 cm³/mol. The third kappa shape index (κ3) is 2.33. The van der Waals surface area contributed by atoms with Crippen LogP contribution in [0, 0.1) is 6.92 Å². The molecular weight excluding hydrogens is 278 g/mol. The summed E-state index contributed by atoms with van der Waals surface area (Å²) in [5, 5.41) is 4.36. The van der Waals surface area contributed by atoms with Crippen LogP contribution in [-0.2, 0) is 10.1 Å². The highest BCUT2D eigenvalue weighted by Crippen LogP contribution is 2.25. The summed E-state index contributed by atoms with van der Waals surface area (Å²) >= 11 is 5.82. The molecule has 0 unspecified atom stereocenters. The maximum absolute atomic E-state index is 11.3. The lowest BCUT2D eigenvalue weighted by Gasteiger charge is -2.09. The lowest BCUT2D eigenvalue weighted by molar-refractivity contribution is 0.482. The Morgan fingerprint density at radius 1 is 1.39 bits per heavy atom. The molecule has 1 aromatic heterocycles. The van der Waals surface area contributed by atoms with E-state index in [1.807, 2.05) is 0 Å². The Morgan fingerprint density at radius 3 is 2.56 bits per heavy atom. The quantitative estimate of drug-likeness (QED) is 0.819. The Labute approximate surface area is 109 Å². The SMILES string of the molecule is Cc1cc(N)n(-c2cc(Cl)ccc2S(=O)(=O)O)n1. The van der Waals surface area contributed by atoms with Crippen molar-refractivity contribution in [2.75, 3.05) is 5.73 Å². The van der Waals surface area contributed by atoms with Crippen molar-refractivity contribution in [2.24, 2.45) is 0 Å². The van der Waals surface area contributed by atoms with Gasteiger partial charge in [-0.15, -0.1) is 0 Å². The molecule has 0 aliphatic carbocycles. The van der Waals surface area contributed by atoms with Gasteiger partial charge >= 0.3 is 0 Å². The summed E-state index contributed by atoms with van der Waals surface area (Å²) in [5.41, 5.74) is 6.44. The number of anilines is 1. The normalized spacial score (nSPS) is 11.7. The van der Waals surface area contributed by atoms with E-state index in [-0.39, 0.29) is 16.4 Å². The summed E-state index contributed by atoms with van der Waals surface area (Å²) in [6.07, 6.45) is 0. The highest BCUT2D eigenvalue weighted by molar-refractivity contribution is 7.86. The van der Waals surface area contributed by atoms with Gasteiger partial charge in [0.25, 0.3) is 10.1 Å². The van der Waals surface area contributed by atoms with Crippen LogP contribution in [0.15, 0.2) is 29.2 Å². The van der Waals surface area contributed by atoms with Crippen molar-refractivity contribution in [3.8, 4) is 5.69 Å². The van der Waals surface area contributed by atoms with Gasteiger partial charge in [-0.1, -0.05) is 11.6 Å². The van der Waals surface area contributed by atoms with Crippen molar-refractivity contribution in [2.45, 2.75) is 11.8 Å². The molecule has 0 aliphatic heterocycles. The van der Waals surface area contributed by atoms with E-state index in [2.05, 4.69) is 5.10 Å². The zero-order valence-corrected chi connectivity index (χ0v) is 10.9. The third-order valence-corrected chi connectivity index (χ3v) is 3.42. The number of halogens is 1. The molecule has 0 bridgehead atoms. The van der Waals surface area contributed by atoms with E-state index in [1.54, 1.807) is 13.0 Å². The summed E-state index contributed by atoms with van der Waals surface area (Å²) in [4.78, 5) is -0.304. The third-order valence-electron chi connectivity index (χ3n) is 2.29. The second-order valence-corrected chi connectivity index (χ2v) is 5.54. The van der Waals surface area contributed by atoms with Crippen molar-refractivity contribution >= 4 is 27.5 Å². The highest BCUT2D eigenvalue weighted by Gasteiger charge is 2.19. The number of hydrogen-bond donors (Lipinski definition) is 2. The molecule has 0 fully saturated rings. The first-order valence-corrected chi connectivity index (χ1v) is 6.70. The summed E-state index contributed by atoms with van der Waals surface area (Å²) in [5.74, 6) is 0.250. The van der Waals surface area contributed by atoms with Gasteiger partial charge in [-0.05, 0) is 25.1 Å². The van der Waals surface area contributed by atoms with Crippen molar-refractivity contribution < 1.29 is 13.0 Å². The first-order chi connectivity index (χ1) is 8.29. The van der Waals surface area contributed by atoms with E-state index >= 15 is 0 Å². The Hall–Kier alpha value is -1.57. The van der Waals surface area contributed by atoms with E-state index in [0.29, 0.717) is 10.7 Å². The molecule has 18 heavy (non-hydrogen) atoms. The first-order valence-electron chi connectivity index (χ1n) is 4.88. The topological polar surface area (TPSA) is 98.2 Å². The Kier molecular flexibility index (Phi) is 3.05. The minimum Gasteiger partial charge on any atom is -0.384 e. The summed E-state index contributed by atoms with van der Waals surface area (Å²) < 4.78 is 33.0. The predicted octanol–water partition coefficient (Wildman–Crippen LogP) is 1.66. The molecule has 0 aliphatic rings. The molecule has 8 heteroatoms. The molecule has 0 radical (unpaired) electrons. The van der Waals surface area contributed by atoms with E-state index in [0.717, 1.165) is 0 Å². The number of aryl methyl sites for hydroxylation is 1. The molecular formula is C10H10ClN3O3S. The molecule has 6 nitrogen and oxygen atoms in total. The second-order valence-electron chi connectivity index (χ2n) is 3.71. The number of nitrogen functional groups attached to an aromatic ring is 1. The number of hydrogen-bond acceptors (Lipinski definition) is 4. The van der Waals surface area contributed by atoms with Crippen LogP contribution in [0.4, 0.5) is 5.82 Å². The summed E-state index contributed by atoms with van der Waals surface area (Å²) in [6.45, 7) is 1.71. The van der Waals surface area contributed by atoms with E-state index in [1.165, 1.54) is 22.9 Å². The van der Waals surface area contributed by atoms with Crippen LogP contribution in [0.5, 0.6) is 0 Å². The lowest BCUT2D eigenvalue weighted by atomic mass is 10.3. The largest absolute Gasteiger partial charge is 0.384 e. The van der Waals surface area contributed by atoms with Gasteiger partial charge in [0, 0.05) is 11.1 Å². The second kappa shape index (κ2) is 4.27. The van der Waals surface area contributed by atoms with Gasteiger partial charge in [0.05, 0.1) is 11.4 Å².